The molecule has 1 atom stereocenters. The van der Waals surface area contributed by atoms with Crippen molar-refractivity contribution in [2.24, 2.45) is 0 Å². The summed E-state index contributed by atoms with van der Waals surface area (Å²) in [4.78, 5) is 2.44. The highest BCUT2D eigenvalue weighted by atomic mass is 16.5. The van der Waals surface area contributed by atoms with E-state index >= 15 is 0 Å². The molecule has 0 saturated carbocycles. The van der Waals surface area contributed by atoms with Crippen molar-refractivity contribution in [2.75, 3.05) is 39.8 Å². The Labute approximate surface area is 68.7 Å². The van der Waals surface area contributed by atoms with E-state index in [2.05, 4.69) is 17.1 Å². The number of ether oxygens (including phenoxy) is 1. The van der Waals surface area contributed by atoms with Gasteiger partial charge in [-0.3, -0.25) is 4.90 Å². The molecule has 0 amide bonds. The molecule has 1 aliphatic rings. The molecular formula is C8H18N2O. The van der Waals surface area contributed by atoms with Crippen molar-refractivity contribution in [1.82, 2.24) is 10.2 Å². The fraction of sp³-hybridized carbons (Fsp3) is 1.00. The third kappa shape index (κ3) is 3.18. The van der Waals surface area contributed by atoms with Crippen molar-refractivity contribution >= 4 is 0 Å². The molecule has 0 aromatic rings. The van der Waals surface area contributed by atoms with Gasteiger partial charge in [-0.05, 0) is 14.0 Å². The fourth-order valence-corrected chi connectivity index (χ4v) is 1.36. The molecule has 0 bridgehead atoms. The molecule has 1 N–H and O–H groups in total. The Kier molecular flexibility index (Phi) is 3.83. The highest BCUT2D eigenvalue weighted by Gasteiger charge is 2.14. The Morgan fingerprint density at radius 3 is 3.09 bits per heavy atom. The number of nitrogens with one attached hydrogen (secondary N) is 1. The van der Waals surface area contributed by atoms with Gasteiger partial charge in [-0.2, -0.15) is 0 Å². The first-order chi connectivity index (χ1) is 5.33. The van der Waals surface area contributed by atoms with Gasteiger partial charge in [0.15, 0.2) is 0 Å². The highest BCUT2D eigenvalue weighted by molar-refractivity contribution is 4.67. The Bertz CT molecular complexity index is 108. The molecular weight excluding hydrogens is 140 g/mol. The zero-order valence-electron chi connectivity index (χ0n) is 7.47. The molecule has 1 rings (SSSR count). The van der Waals surface area contributed by atoms with Crippen LogP contribution in [0.2, 0.25) is 0 Å². The van der Waals surface area contributed by atoms with Crippen LogP contribution in [0.1, 0.15) is 6.92 Å². The van der Waals surface area contributed by atoms with Crippen molar-refractivity contribution < 1.29 is 4.74 Å². The summed E-state index contributed by atoms with van der Waals surface area (Å²) < 4.78 is 5.43. The van der Waals surface area contributed by atoms with Crippen LogP contribution in [0.3, 0.4) is 0 Å². The van der Waals surface area contributed by atoms with Crippen LogP contribution in [0.4, 0.5) is 0 Å². The maximum atomic E-state index is 5.43. The van der Waals surface area contributed by atoms with E-state index in [4.69, 9.17) is 4.74 Å². The van der Waals surface area contributed by atoms with Crippen LogP contribution in [0, 0.1) is 0 Å². The van der Waals surface area contributed by atoms with E-state index in [-0.39, 0.29) is 0 Å². The second-order valence-electron chi connectivity index (χ2n) is 3.09. The molecule has 0 aromatic carbocycles. The summed E-state index contributed by atoms with van der Waals surface area (Å²) in [5.74, 6) is 0. The molecule has 1 unspecified atom stereocenters. The molecule has 66 valence electrons. The zero-order chi connectivity index (χ0) is 8.10. The molecule has 0 radical (unpaired) electrons. The molecule has 3 nitrogen and oxygen atoms in total. The first-order valence-corrected chi connectivity index (χ1v) is 4.31. The number of likely N-dealkylation sites (N-methyl/N-ethyl adjacent to an activating group) is 1. The van der Waals surface area contributed by atoms with E-state index < -0.39 is 0 Å². The summed E-state index contributed by atoms with van der Waals surface area (Å²) in [5.41, 5.74) is 0. The third-order valence-corrected chi connectivity index (χ3v) is 2.00. The minimum atomic E-state index is 0.417. The van der Waals surface area contributed by atoms with Gasteiger partial charge < -0.3 is 10.1 Å². The minimum absolute atomic E-state index is 0.417. The molecule has 1 fully saturated rings. The standard InChI is InChI=1S/C8H18N2O/c1-8-7-10(4-3-9-2)5-6-11-8/h8-9H,3-7H2,1-2H3. The van der Waals surface area contributed by atoms with Gasteiger partial charge in [0.2, 0.25) is 0 Å². The highest BCUT2D eigenvalue weighted by Crippen LogP contribution is 2.02. The van der Waals surface area contributed by atoms with Crippen molar-refractivity contribution in [2.45, 2.75) is 13.0 Å². The average Bonchev–Trinajstić information content (AvgIpc) is 2.01. The number of morpholine rings is 1. The molecule has 1 aliphatic heterocycles. The fourth-order valence-electron chi connectivity index (χ4n) is 1.36. The molecule has 1 heterocycles. The van der Waals surface area contributed by atoms with Crippen molar-refractivity contribution in [1.29, 1.82) is 0 Å². The van der Waals surface area contributed by atoms with Gasteiger partial charge in [0.25, 0.3) is 0 Å². The van der Waals surface area contributed by atoms with Gasteiger partial charge in [0.05, 0.1) is 12.7 Å². The van der Waals surface area contributed by atoms with Gasteiger partial charge in [-0.1, -0.05) is 0 Å². The largest absolute Gasteiger partial charge is 0.376 e. The van der Waals surface area contributed by atoms with E-state index in [0.29, 0.717) is 6.10 Å². The summed E-state index contributed by atoms with van der Waals surface area (Å²) in [5, 5.41) is 3.15. The molecule has 0 aliphatic carbocycles. The van der Waals surface area contributed by atoms with E-state index in [1.54, 1.807) is 0 Å². The Hall–Kier alpha value is -0.120. The van der Waals surface area contributed by atoms with Crippen molar-refractivity contribution in [3.8, 4) is 0 Å². The van der Waals surface area contributed by atoms with E-state index in [1.807, 2.05) is 7.05 Å². The molecule has 0 aromatic heterocycles. The predicted octanol–water partition coefficient (Wildman–Crippen LogP) is -0.0735. The van der Waals surface area contributed by atoms with Crippen molar-refractivity contribution in [3.63, 3.8) is 0 Å². The predicted molar refractivity (Wildman–Crippen MR) is 45.8 cm³/mol. The minimum Gasteiger partial charge on any atom is -0.376 e. The van der Waals surface area contributed by atoms with Crippen molar-refractivity contribution in [3.05, 3.63) is 0 Å². The lowest BCUT2D eigenvalue weighted by Gasteiger charge is -2.30. The lowest BCUT2D eigenvalue weighted by molar-refractivity contribution is -0.0175. The second-order valence-corrected chi connectivity index (χ2v) is 3.09. The van der Waals surface area contributed by atoms with E-state index in [1.165, 1.54) is 0 Å². The molecule has 3 heteroatoms. The monoisotopic (exact) mass is 158 g/mol. The maximum Gasteiger partial charge on any atom is 0.0674 e. The number of nitrogens with zero attached hydrogens (tertiary/aromatic N) is 1. The van der Waals surface area contributed by atoms with Gasteiger partial charge in [-0.15, -0.1) is 0 Å². The van der Waals surface area contributed by atoms with E-state index in [9.17, 15) is 0 Å². The molecule has 1 saturated heterocycles. The van der Waals surface area contributed by atoms with E-state index in [0.717, 1.165) is 32.8 Å². The van der Waals surface area contributed by atoms with Crippen LogP contribution >= 0.6 is 0 Å². The Morgan fingerprint density at radius 2 is 2.45 bits per heavy atom. The summed E-state index contributed by atoms with van der Waals surface area (Å²) in [6.07, 6.45) is 0.417. The number of rotatable bonds is 3. The van der Waals surface area contributed by atoms with Gasteiger partial charge in [0.1, 0.15) is 0 Å². The normalized spacial score (nSPS) is 27.3. The summed E-state index contributed by atoms with van der Waals surface area (Å²) in [6.45, 7) is 7.42. The van der Waals surface area contributed by atoms with Crippen LogP contribution in [0.15, 0.2) is 0 Å². The topological polar surface area (TPSA) is 24.5 Å². The van der Waals surface area contributed by atoms with Gasteiger partial charge in [-0.25, -0.2) is 0 Å². The first kappa shape index (κ1) is 8.97. The Morgan fingerprint density at radius 1 is 1.64 bits per heavy atom. The van der Waals surface area contributed by atoms with Crippen LogP contribution in [0.25, 0.3) is 0 Å². The zero-order valence-corrected chi connectivity index (χ0v) is 7.47. The maximum absolute atomic E-state index is 5.43. The van der Waals surface area contributed by atoms with Gasteiger partial charge in [0, 0.05) is 26.2 Å². The van der Waals surface area contributed by atoms with Crippen LogP contribution in [-0.2, 0) is 4.74 Å². The molecule has 0 spiro atoms. The third-order valence-electron chi connectivity index (χ3n) is 2.00. The Balaban J connectivity index is 2.12. The van der Waals surface area contributed by atoms with Crippen LogP contribution in [-0.4, -0.2) is 50.8 Å². The summed E-state index contributed by atoms with van der Waals surface area (Å²) >= 11 is 0. The van der Waals surface area contributed by atoms with Crippen LogP contribution < -0.4 is 5.32 Å². The van der Waals surface area contributed by atoms with Crippen LogP contribution in [0.5, 0.6) is 0 Å². The lowest BCUT2D eigenvalue weighted by Crippen LogP contribution is -2.43. The summed E-state index contributed by atoms with van der Waals surface area (Å²) in [6, 6.07) is 0. The number of hydrogen-bond donors (Lipinski definition) is 1. The SMILES string of the molecule is CNCCN1CCOC(C)C1. The quantitative estimate of drug-likeness (QED) is 0.622. The lowest BCUT2D eigenvalue weighted by atomic mass is 10.3. The smallest absolute Gasteiger partial charge is 0.0674 e. The molecule has 11 heavy (non-hydrogen) atoms. The number of hydrogen-bond acceptors (Lipinski definition) is 3. The second kappa shape index (κ2) is 4.70. The average molecular weight is 158 g/mol. The first-order valence-electron chi connectivity index (χ1n) is 4.31. The van der Waals surface area contributed by atoms with Gasteiger partial charge >= 0.3 is 0 Å². The summed E-state index contributed by atoms with van der Waals surface area (Å²) in [7, 11) is 1.99.